The van der Waals surface area contributed by atoms with E-state index in [1.54, 1.807) is 19.9 Å². The van der Waals surface area contributed by atoms with Crippen molar-refractivity contribution in [3.05, 3.63) is 11.8 Å². The lowest BCUT2D eigenvalue weighted by atomic mass is 10.1. The van der Waals surface area contributed by atoms with Crippen LogP contribution in [0, 0.1) is 11.8 Å². The molecule has 2 heteroatoms. The molecule has 0 radical (unpaired) electrons. The highest BCUT2D eigenvalue weighted by atomic mass is 16.5. The van der Waals surface area contributed by atoms with Crippen molar-refractivity contribution in [1.29, 1.82) is 0 Å². The summed E-state index contributed by atoms with van der Waals surface area (Å²) in [6.07, 6.45) is 1.65. The van der Waals surface area contributed by atoms with E-state index in [0.29, 0.717) is 6.61 Å². The van der Waals surface area contributed by atoms with Crippen LogP contribution in [-0.4, -0.2) is 17.3 Å². The van der Waals surface area contributed by atoms with Gasteiger partial charge in [0.25, 0.3) is 0 Å². The molecule has 0 bridgehead atoms. The summed E-state index contributed by atoms with van der Waals surface area (Å²) in [5.41, 5.74) is -0.928. The maximum absolute atomic E-state index is 9.22. The van der Waals surface area contributed by atoms with Crippen LogP contribution in [0.4, 0.5) is 0 Å². The predicted octanol–water partition coefficient (Wildman–Crippen LogP) is 1.70. The molecule has 0 heterocycles. The van der Waals surface area contributed by atoms with Gasteiger partial charge in [-0.05, 0) is 27.7 Å². The van der Waals surface area contributed by atoms with Crippen molar-refractivity contribution < 1.29 is 9.84 Å². The Morgan fingerprint density at radius 2 is 2.17 bits per heavy atom. The normalized spacial score (nSPS) is 11.9. The van der Waals surface area contributed by atoms with E-state index in [0.717, 1.165) is 5.76 Å². The summed E-state index contributed by atoms with van der Waals surface area (Å²) in [6.45, 7) is 7.68. The number of aliphatic hydroxyl groups is 1. The quantitative estimate of drug-likeness (QED) is 0.502. The highest BCUT2D eigenvalue weighted by molar-refractivity contribution is 5.21. The molecule has 0 spiro atoms. The molecule has 68 valence electrons. The minimum atomic E-state index is -0.928. The van der Waals surface area contributed by atoms with E-state index in [4.69, 9.17) is 4.74 Å². The van der Waals surface area contributed by atoms with Crippen LogP contribution in [0.25, 0.3) is 0 Å². The molecule has 0 aromatic heterocycles. The van der Waals surface area contributed by atoms with Crippen molar-refractivity contribution in [1.82, 2.24) is 0 Å². The number of ether oxygens (including phenoxy) is 1. The summed E-state index contributed by atoms with van der Waals surface area (Å²) in [7, 11) is 0. The number of allylic oxidation sites excluding steroid dienone is 2. The second kappa shape index (κ2) is 4.84. The van der Waals surface area contributed by atoms with E-state index >= 15 is 0 Å². The van der Waals surface area contributed by atoms with Crippen LogP contribution in [0.15, 0.2) is 11.8 Å². The van der Waals surface area contributed by atoms with Crippen LogP contribution >= 0.6 is 0 Å². The van der Waals surface area contributed by atoms with Gasteiger partial charge in [-0.25, -0.2) is 0 Å². The molecule has 12 heavy (non-hydrogen) atoms. The van der Waals surface area contributed by atoms with Crippen LogP contribution in [0.1, 0.15) is 27.7 Å². The molecule has 0 atom stereocenters. The van der Waals surface area contributed by atoms with Crippen molar-refractivity contribution in [3.63, 3.8) is 0 Å². The number of hydrogen-bond acceptors (Lipinski definition) is 2. The molecule has 0 rings (SSSR count). The summed E-state index contributed by atoms with van der Waals surface area (Å²) < 4.78 is 5.13. The van der Waals surface area contributed by atoms with E-state index < -0.39 is 5.60 Å². The molecular formula is C10H16O2. The Kier molecular flexibility index (Phi) is 4.46. The molecule has 0 aliphatic rings. The van der Waals surface area contributed by atoms with Crippen LogP contribution in [0.3, 0.4) is 0 Å². The zero-order valence-corrected chi connectivity index (χ0v) is 8.14. The largest absolute Gasteiger partial charge is 0.498 e. The lowest BCUT2D eigenvalue weighted by Gasteiger charge is -2.05. The average molecular weight is 168 g/mol. The Bertz CT molecular complexity index is 210. The molecule has 0 unspecified atom stereocenters. The van der Waals surface area contributed by atoms with Gasteiger partial charge in [-0.2, -0.15) is 0 Å². The van der Waals surface area contributed by atoms with E-state index in [9.17, 15) is 5.11 Å². The summed E-state index contributed by atoms with van der Waals surface area (Å²) in [6, 6.07) is 0. The number of hydrogen-bond donors (Lipinski definition) is 1. The molecule has 0 aromatic rings. The van der Waals surface area contributed by atoms with Gasteiger partial charge in [0, 0.05) is 6.08 Å². The van der Waals surface area contributed by atoms with Gasteiger partial charge < -0.3 is 9.84 Å². The summed E-state index contributed by atoms with van der Waals surface area (Å²) in [5.74, 6) is 6.16. The topological polar surface area (TPSA) is 29.5 Å². The van der Waals surface area contributed by atoms with Crippen molar-refractivity contribution in [3.8, 4) is 11.8 Å². The molecule has 0 aliphatic carbocycles. The van der Waals surface area contributed by atoms with E-state index in [-0.39, 0.29) is 0 Å². The first-order valence-electron chi connectivity index (χ1n) is 4.00. The summed E-state index contributed by atoms with van der Waals surface area (Å²) in [4.78, 5) is 0. The molecule has 0 amide bonds. The maximum atomic E-state index is 9.22. The second-order valence-electron chi connectivity index (χ2n) is 3.02. The van der Waals surface area contributed by atoms with Crippen molar-refractivity contribution in [2.45, 2.75) is 33.3 Å². The molecule has 2 nitrogen and oxygen atoms in total. The average Bonchev–Trinajstić information content (AvgIpc) is 1.84. The first-order valence-corrected chi connectivity index (χ1v) is 4.00. The van der Waals surface area contributed by atoms with Gasteiger partial charge in [-0.1, -0.05) is 11.8 Å². The van der Waals surface area contributed by atoms with Gasteiger partial charge in [0.2, 0.25) is 0 Å². The molecular weight excluding hydrogens is 152 g/mol. The lowest BCUT2D eigenvalue weighted by Crippen LogP contribution is -2.14. The molecule has 0 fully saturated rings. The Morgan fingerprint density at radius 1 is 1.58 bits per heavy atom. The standard InChI is InChI=1S/C10H16O2/c1-5-12-9(2)7-6-8-10(3,4)11/h7,11H,5H2,1-4H3/b9-7+. The van der Waals surface area contributed by atoms with E-state index in [1.807, 2.05) is 13.8 Å². The predicted molar refractivity (Wildman–Crippen MR) is 49.5 cm³/mol. The first kappa shape index (κ1) is 11.1. The Labute approximate surface area is 74.2 Å². The van der Waals surface area contributed by atoms with Crippen LogP contribution in [0.5, 0.6) is 0 Å². The molecule has 0 saturated carbocycles. The third kappa shape index (κ3) is 7.17. The van der Waals surface area contributed by atoms with Crippen LogP contribution in [-0.2, 0) is 4.74 Å². The van der Waals surface area contributed by atoms with E-state index in [2.05, 4.69) is 11.8 Å². The fourth-order valence-electron chi connectivity index (χ4n) is 0.584. The fraction of sp³-hybridized carbons (Fsp3) is 0.600. The van der Waals surface area contributed by atoms with Gasteiger partial charge in [-0.15, -0.1) is 0 Å². The zero-order chi connectivity index (χ0) is 9.61. The SMILES string of the molecule is CCO/C(C)=C/C#CC(C)(C)O. The first-order chi connectivity index (χ1) is 5.45. The smallest absolute Gasteiger partial charge is 0.120 e. The molecule has 1 N–H and O–H groups in total. The number of rotatable bonds is 2. The minimum absolute atomic E-state index is 0.645. The third-order valence-corrected chi connectivity index (χ3v) is 1.03. The molecule has 0 aromatic carbocycles. The summed E-state index contributed by atoms with van der Waals surface area (Å²) >= 11 is 0. The van der Waals surface area contributed by atoms with Gasteiger partial charge in [0.15, 0.2) is 0 Å². The highest BCUT2D eigenvalue weighted by Crippen LogP contribution is 1.97. The fourth-order valence-corrected chi connectivity index (χ4v) is 0.584. The Morgan fingerprint density at radius 3 is 2.58 bits per heavy atom. The molecule has 0 saturated heterocycles. The third-order valence-electron chi connectivity index (χ3n) is 1.03. The zero-order valence-electron chi connectivity index (χ0n) is 8.14. The van der Waals surface area contributed by atoms with Crippen LogP contribution < -0.4 is 0 Å². The van der Waals surface area contributed by atoms with Gasteiger partial charge in [0.05, 0.1) is 6.61 Å². The van der Waals surface area contributed by atoms with Gasteiger partial charge in [0.1, 0.15) is 11.4 Å². The van der Waals surface area contributed by atoms with Crippen molar-refractivity contribution in [2.24, 2.45) is 0 Å². The Hall–Kier alpha value is -0.940. The Balaban J connectivity index is 4.08. The summed E-state index contributed by atoms with van der Waals surface area (Å²) in [5, 5.41) is 9.22. The van der Waals surface area contributed by atoms with Gasteiger partial charge >= 0.3 is 0 Å². The van der Waals surface area contributed by atoms with E-state index in [1.165, 1.54) is 0 Å². The highest BCUT2D eigenvalue weighted by Gasteiger charge is 2.04. The minimum Gasteiger partial charge on any atom is -0.498 e. The monoisotopic (exact) mass is 168 g/mol. The van der Waals surface area contributed by atoms with Gasteiger partial charge in [-0.3, -0.25) is 0 Å². The van der Waals surface area contributed by atoms with Crippen molar-refractivity contribution >= 4 is 0 Å². The lowest BCUT2D eigenvalue weighted by molar-refractivity contribution is 0.143. The van der Waals surface area contributed by atoms with Crippen molar-refractivity contribution in [2.75, 3.05) is 6.61 Å². The second-order valence-corrected chi connectivity index (χ2v) is 3.02. The molecule has 0 aliphatic heterocycles. The van der Waals surface area contributed by atoms with Crippen LogP contribution in [0.2, 0.25) is 0 Å². The maximum Gasteiger partial charge on any atom is 0.120 e.